The highest BCUT2D eigenvalue weighted by molar-refractivity contribution is 5.72. The third kappa shape index (κ3) is 6.69. The first-order valence-electron chi connectivity index (χ1n) is 12.8. The molecule has 2 aliphatic heterocycles. The highest BCUT2D eigenvalue weighted by atomic mass is 16.5. The molecular weight excluding hydrogens is 458 g/mol. The Bertz CT molecular complexity index is 984. The molecule has 0 radical (unpaired) electrons. The zero-order chi connectivity index (χ0) is 25.3. The van der Waals surface area contributed by atoms with Crippen LogP contribution in [0.5, 0.6) is 11.5 Å². The van der Waals surface area contributed by atoms with Crippen LogP contribution in [0.1, 0.15) is 30.4 Å². The van der Waals surface area contributed by atoms with Crippen molar-refractivity contribution in [1.82, 2.24) is 10.6 Å². The lowest BCUT2D eigenvalue weighted by Gasteiger charge is -2.39. The molecule has 8 heteroatoms. The molecule has 1 unspecified atom stereocenters. The van der Waals surface area contributed by atoms with Gasteiger partial charge >= 0.3 is 0 Å². The molecule has 2 N–H and O–H groups in total. The van der Waals surface area contributed by atoms with Gasteiger partial charge < -0.3 is 34.5 Å². The van der Waals surface area contributed by atoms with E-state index in [0.717, 1.165) is 62.0 Å². The number of amides is 1. The molecule has 36 heavy (non-hydrogen) atoms. The Labute approximate surface area is 214 Å². The van der Waals surface area contributed by atoms with Crippen molar-refractivity contribution in [1.29, 1.82) is 0 Å². The number of carbonyl (C=O) groups is 1. The van der Waals surface area contributed by atoms with Crippen LogP contribution in [0.25, 0.3) is 0 Å². The minimum absolute atomic E-state index is 0.0159. The lowest BCUT2D eigenvalue weighted by Crippen LogP contribution is -2.50. The molecule has 0 spiro atoms. The summed E-state index contributed by atoms with van der Waals surface area (Å²) in [4.78, 5) is 14.0. The average Bonchev–Trinajstić information content (AvgIpc) is 2.91. The monoisotopic (exact) mass is 497 g/mol. The van der Waals surface area contributed by atoms with Gasteiger partial charge in [0.05, 0.1) is 32.1 Å². The molecule has 1 fully saturated rings. The fraction of sp³-hybridized carbons (Fsp3) is 0.536. The Kier molecular flexibility index (Phi) is 9.44. The topological polar surface area (TPSA) is 81.3 Å². The molecule has 0 aromatic heterocycles. The van der Waals surface area contributed by atoms with Crippen molar-refractivity contribution in [2.24, 2.45) is 5.92 Å². The van der Waals surface area contributed by atoms with E-state index in [-0.39, 0.29) is 23.8 Å². The van der Waals surface area contributed by atoms with E-state index >= 15 is 0 Å². The van der Waals surface area contributed by atoms with Crippen LogP contribution in [0.15, 0.2) is 42.5 Å². The predicted octanol–water partition coefficient (Wildman–Crippen LogP) is 2.96. The number of hydrogen-bond donors (Lipinski definition) is 2. The summed E-state index contributed by atoms with van der Waals surface area (Å²) in [5, 5.41) is 6.52. The highest BCUT2D eigenvalue weighted by Gasteiger charge is 2.35. The number of piperidine rings is 1. The summed E-state index contributed by atoms with van der Waals surface area (Å²) in [7, 11) is 3.41. The summed E-state index contributed by atoms with van der Waals surface area (Å²) < 4.78 is 23.1. The number of benzene rings is 2. The molecular formula is C28H39N3O5. The van der Waals surface area contributed by atoms with Crippen LogP contribution in [0.3, 0.4) is 0 Å². The van der Waals surface area contributed by atoms with Crippen LogP contribution in [-0.2, 0) is 20.9 Å². The van der Waals surface area contributed by atoms with Crippen LogP contribution in [-0.4, -0.2) is 72.2 Å². The van der Waals surface area contributed by atoms with Crippen molar-refractivity contribution in [3.63, 3.8) is 0 Å². The Hall–Kier alpha value is -2.81. The van der Waals surface area contributed by atoms with E-state index < -0.39 is 0 Å². The fourth-order valence-electron chi connectivity index (χ4n) is 5.16. The van der Waals surface area contributed by atoms with Gasteiger partial charge in [-0.05, 0) is 47.7 Å². The first kappa shape index (κ1) is 26.3. The number of rotatable bonds is 11. The second kappa shape index (κ2) is 12.9. The molecule has 2 aliphatic rings. The number of ether oxygens (including phenoxy) is 4. The van der Waals surface area contributed by atoms with Gasteiger partial charge in [0.15, 0.2) is 0 Å². The van der Waals surface area contributed by atoms with Crippen molar-refractivity contribution in [3.05, 3.63) is 53.6 Å². The van der Waals surface area contributed by atoms with Crippen molar-refractivity contribution in [2.45, 2.75) is 32.0 Å². The maximum absolute atomic E-state index is 11.6. The molecule has 0 saturated carbocycles. The van der Waals surface area contributed by atoms with Gasteiger partial charge in [-0.1, -0.05) is 18.2 Å². The molecule has 8 nitrogen and oxygen atoms in total. The smallest absolute Gasteiger partial charge is 0.216 e. The van der Waals surface area contributed by atoms with Crippen molar-refractivity contribution >= 4 is 11.6 Å². The molecule has 3 atom stereocenters. The predicted molar refractivity (Wildman–Crippen MR) is 140 cm³/mol. The second-order valence-electron chi connectivity index (χ2n) is 9.49. The van der Waals surface area contributed by atoms with Crippen LogP contribution >= 0.6 is 0 Å². The molecule has 1 amide bonds. The van der Waals surface area contributed by atoms with Gasteiger partial charge in [-0.15, -0.1) is 0 Å². The van der Waals surface area contributed by atoms with Gasteiger partial charge in [-0.3, -0.25) is 4.79 Å². The van der Waals surface area contributed by atoms with Gasteiger partial charge in [-0.2, -0.15) is 0 Å². The van der Waals surface area contributed by atoms with Gasteiger partial charge in [0.1, 0.15) is 18.1 Å². The Balaban J connectivity index is 1.49. The van der Waals surface area contributed by atoms with E-state index in [9.17, 15) is 4.79 Å². The highest BCUT2D eigenvalue weighted by Crippen LogP contribution is 2.35. The van der Waals surface area contributed by atoms with Gasteiger partial charge in [0.2, 0.25) is 5.91 Å². The van der Waals surface area contributed by atoms with Gasteiger partial charge in [0.25, 0.3) is 0 Å². The third-order valence-electron chi connectivity index (χ3n) is 7.00. The molecule has 0 bridgehead atoms. The van der Waals surface area contributed by atoms with E-state index in [1.54, 1.807) is 21.1 Å². The number of nitrogens with one attached hydrogen (secondary N) is 2. The minimum atomic E-state index is -0.0315. The molecule has 2 aromatic rings. The Morgan fingerprint density at radius 3 is 2.75 bits per heavy atom. The van der Waals surface area contributed by atoms with E-state index in [0.29, 0.717) is 19.8 Å². The normalized spacial score (nSPS) is 21.4. The summed E-state index contributed by atoms with van der Waals surface area (Å²) in [5.74, 6) is 2.10. The number of nitrogens with zero attached hydrogens (tertiary/aromatic N) is 1. The maximum Gasteiger partial charge on any atom is 0.216 e. The summed E-state index contributed by atoms with van der Waals surface area (Å²) in [6.07, 6.45) is 0.944. The SMILES string of the molecule is COCCCN1CCOc2ccc(CO[C@H]3CNC[C@@H](CNC(C)=O)C3c3ccc(OC)cc3)cc21. The molecule has 0 aliphatic carbocycles. The number of fused-ring (bicyclic) bond motifs is 1. The lowest BCUT2D eigenvalue weighted by molar-refractivity contribution is -0.119. The summed E-state index contributed by atoms with van der Waals surface area (Å²) in [6.45, 7) is 7.50. The first-order valence-corrected chi connectivity index (χ1v) is 12.8. The zero-order valence-electron chi connectivity index (χ0n) is 21.6. The minimum Gasteiger partial charge on any atom is -0.497 e. The van der Waals surface area contributed by atoms with Crippen LogP contribution in [0.4, 0.5) is 5.69 Å². The molecule has 2 heterocycles. The summed E-state index contributed by atoms with van der Waals surface area (Å²) in [5.41, 5.74) is 3.43. The van der Waals surface area contributed by atoms with E-state index in [1.165, 1.54) is 5.56 Å². The Morgan fingerprint density at radius 1 is 1.17 bits per heavy atom. The van der Waals surface area contributed by atoms with E-state index in [4.69, 9.17) is 18.9 Å². The van der Waals surface area contributed by atoms with E-state index in [2.05, 4.69) is 45.9 Å². The Morgan fingerprint density at radius 2 is 2.00 bits per heavy atom. The second-order valence-corrected chi connectivity index (χ2v) is 9.49. The number of methoxy groups -OCH3 is 2. The number of hydrogen-bond acceptors (Lipinski definition) is 7. The zero-order valence-corrected chi connectivity index (χ0v) is 21.6. The molecule has 1 saturated heterocycles. The first-order chi connectivity index (χ1) is 17.6. The summed E-state index contributed by atoms with van der Waals surface area (Å²) >= 11 is 0. The van der Waals surface area contributed by atoms with Crippen LogP contribution in [0.2, 0.25) is 0 Å². The van der Waals surface area contributed by atoms with Crippen molar-refractivity contribution in [2.75, 3.05) is 65.1 Å². The van der Waals surface area contributed by atoms with Crippen molar-refractivity contribution in [3.8, 4) is 11.5 Å². The average molecular weight is 498 g/mol. The van der Waals surface area contributed by atoms with Crippen LogP contribution < -0.4 is 25.0 Å². The largest absolute Gasteiger partial charge is 0.497 e. The standard InChI is InChI=1S/C28H39N3O5/c1-20(32)30-17-23-16-29-18-27(28(23)22-6-8-24(34-3)9-7-22)36-19-21-5-10-26-25(15-21)31(12-14-35-26)11-4-13-33-2/h5-10,15,23,27-29H,4,11-14,16-19H2,1-3H3,(H,30,32)/t23-,27-,28?/m0/s1. The van der Waals surface area contributed by atoms with Crippen LogP contribution in [0, 0.1) is 5.92 Å². The molecule has 4 rings (SSSR count). The third-order valence-corrected chi connectivity index (χ3v) is 7.00. The lowest BCUT2D eigenvalue weighted by atomic mass is 9.79. The maximum atomic E-state index is 11.6. The van der Waals surface area contributed by atoms with Gasteiger partial charge in [0, 0.05) is 52.7 Å². The molecule has 196 valence electrons. The van der Waals surface area contributed by atoms with E-state index in [1.807, 2.05) is 12.1 Å². The quantitative estimate of drug-likeness (QED) is 0.462. The number of anilines is 1. The van der Waals surface area contributed by atoms with Crippen molar-refractivity contribution < 1.29 is 23.7 Å². The molecule has 2 aromatic carbocycles. The van der Waals surface area contributed by atoms with Gasteiger partial charge in [-0.25, -0.2) is 0 Å². The number of carbonyl (C=O) groups excluding carboxylic acids is 1. The summed E-state index contributed by atoms with van der Waals surface area (Å²) in [6, 6.07) is 14.5. The fourth-order valence-corrected chi connectivity index (χ4v) is 5.16.